The summed E-state index contributed by atoms with van der Waals surface area (Å²) in [5, 5.41) is 36.0. The summed E-state index contributed by atoms with van der Waals surface area (Å²) in [5.74, 6) is -2.64. The van der Waals surface area contributed by atoms with Gasteiger partial charge in [-0.15, -0.1) is 0 Å². The molecule has 32 nitrogen and oxygen atoms in total. The number of ether oxygens (including phenoxy) is 2. The van der Waals surface area contributed by atoms with Crippen LogP contribution in [0.2, 0.25) is 0 Å². The van der Waals surface area contributed by atoms with Crippen molar-refractivity contribution in [1.82, 2.24) is 68.6 Å². The van der Waals surface area contributed by atoms with E-state index in [1.54, 1.807) is 142 Å². The predicted molar refractivity (Wildman–Crippen MR) is 433 cm³/mol. The number of carbonyl (C=O) groups excluding carboxylic acids is 9. The van der Waals surface area contributed by atoms with E-state index in [2.05, 4.69) is 67.8 Å². The molecule has 10 rings (SSSR count). The van der Waals surface area contributed by atoms with E-state index in [9.17, 15) is 57.4 Å². The number of nitrogens with zero attached hydrogens (tertiary/aromatic N) is 9. The molecule has 0 radical (unpaired) electrons. The number of aromatic nitrogens is 10. The van der Waals surface area contributed by atoms with E-state index < -0.39 is 52.9 Å². The Balaban J connectivity index is 0.527. The van der Waals surface area contributed by atoms with Gasteiger partial charge in [0.2, 0.25) is 29.4 Å². The second kappa shape index (κ2) is 39.0. The zero-order valence-electron chi connectivity index (χ0n) is 66.4. The molecule has 0 aliphatic heterocycles. The minimum Gasteiger partial charge on any atom is -0.494 e. The van der Waals surface area contributed by atoms with Crippen molar-refractivity contribution in [3.05, 3.63) is 184 Å². The lowest BCUT2D eigenvalue weighted by Crippen LogP contribution is -2.32. The summed E-state index contributed by atoms with van der Waals surface area (Å²) >= 11 is 0. The molecule has 0 spiro atoms. The Labute approximate surface area is 663 Å². The van der Waals surface area contributed by atoms with Gasteiger partial charge in [-0.05, 0) is 124 Å². The highest BCUT2D eigenvalue weighted by Gasteiger charge is 2.26. The van der Waals surface area contributed by atoms with Gasteiger partial charge < -0.3 is 94.8 Å². The van der Waals surface area contributed by atoms with Crippen LogP contribution in [0.1, 0.15) is 190 Å². The molecule has 10 aromatic rings. The molecular weight excluding hydrogens is 1480 g/mol. The molecule has 0 fully saturated rings. The van der Waals surface area contributed by atoms with Crippen LogP contribution in [-0.4, -0.2) is 138 Å². The Bertz CT molecular complexity index is 5240. The van der Waals surface area contributed by atoms with Gasteiger partial charge in [-0.3, -0.25) is 47.9 Å². The van der Waals surface area contributed by atoms with Crippen molar-refractivity contribution in [3.8, 4) is 28.4 Å². The van der Waals surface area contributed by atoms with Crippen LogP contribution in [-0.2, 0) is 62.3 Å². The fourth-order valence-corrected chi connectivity index (χ4v) is 13.1. The Kier molecular flexibility index (Phi) is 28.7. The number of carbonyl (C=O) groups is 9. The number of hydrogen-bond acceptors (Lipinski definition) is 16. The van der Waals surface area contributed by atoms with Crippen LogP contribution < -0.4 is 62.9 Å². The normalized spacial score (nSPS) is 11.3. The van der Waals surface area contributed by atoms with E-state index in [0.717, 1.165) is 51.4 Å². The quantitative estimate of drug-likeness (QED) is 0.0159. The number of nitrogens with one attached hydrogen (secondary N) is 10. The lowest BCUT2D eigenvalue weighted by atomic mass is 9.93. The number of anilines is 5. The third-order valence-corrected chi connectivity index (χ3v) is 19.2. The molecule has 608 valence electrons. The van der Waals surface area contributed by atoms with Crippen LogP contribution in [0.4, 0.5) is 33.1 Å². The fourth-order valence-electron chi connectivity index (χ4n) is 13.1. The fraction of sp³-hybridized carbons (Fsp3) is 0.378. The number of fused-ring (bicyclic) bond motifs is 1. The number of halogens is 1. The van der Waals surface area contributed by atoms with Gasteiger partial charge in [0.1, 0.15) is 45.7 Å². The van der Waals surface area contributed by atoms with Gasteiger partial charge in [0, 0.05) is 153 Å². The van der Waals surface area contributed by atoms with Crippen molar-refractivity contribution in [2.45, 2.75) is 130 Å². The number of aromatic amines is 1. The van der Waals surface area contributed by atoms with Crippen LogP contribution in [0.25, 0.3) is 22.0 Å². The second-order valence-electron chi connectivity index (χ2n) is 29.0. The van der Waals surface area contributed by atoms with E-state index in [4.69, 9.17) is 9.47 Å². The number of imidazole rings is 3. The number of pyridine rings is 1. The molecule has 115 heavy (non-hydrogen) atoms. The van der Waals surface area contributed by atoms with E-state index in [1.807, 2.05) is 0 Å². The average Bonchev–Trinajstić information content (AvgIpc) is 1.61. The molecule has 33 heteroatoms. The van der Waals surface area contributed by atoms with Crippen LogP contribution in [0.15, 0.2) is 121 Å². The molecule has 0 saturated heterocycles. The Morgan fingerprint density at radius 2 is 0.991 bits per heavy atom. The number of amides is 9. The van der Waals surface area contributed by atoms with Gasteiger partial charge in [0.15, 0.2) is 17.5 Å². The number of unbranched alkanes of at least 4 members (excludes halogenated alkanes) is 11. The van der Waals surface area contributed by atoms with Gasteiger partial charge in [0.05, 0.1) is 23.6 Å². The maximum absolute atomic E-state index is 14.3. The van der Waals surface area contributed by atoms with Crippen molar-refractivity contribution >= 4 is 92.8 Å². The van der Waals surface area contributed by atoms with E-state index in [1.165, 1.54) is 97.6 Å². The van der Waals surface area contributed by atoms with Gasteiger partial charge in [-0.2, -0.15) is 0 Å². The molecule has 0 aliphatic carbocycles. The van der Waals surface area contributed by atoms with Crippen molar-refractivity contribution in [1.29, 1.82) is 0 Å². The topological polar surface area (TPSA) is 402 Å². The molecule has 0 saturated carbocycles. The first-order chi connectivity index (χ1) is 55.0. The van der Waals surface area contributed by atoms with Crippen LogP contribution in [0.3, 0.4) is 0 Å². The maximum Gasteiger partial charge on any atom is 0.291 e. The number of hydrogen-bond donors (Lipinski definition) is 11. The minimum atomic E-state index is -1.22. The third kappa shape index (κ3) is 23.1. The monoisotopic (exact) mass is 1580 g/mol. The average molecular weight is 1580 g/mol. The number of aliphatic hydroxyl groups is 1. The van der Waals surface area contributed by atoms with Crippen molar-refractivity contribution in [2.24, 2.45) is 42.3 Å². The Morgan fingerprint density at radius 3 is 1.53 bits per heavy atom. The lowest BCUT2D eigenvalue weighted by Gasteiger charge is -2.22. The SMILES string of the molecule is Cc1cc(F)cc(C)c1Oc1ccc(C(C)(C)O)cc1-c1cn(C)c(=O)c2[nH]c(C(=O)Nc3ccc(OCCCCCCCCCCCCCCNC(=O)CCNC(=O)c4nc(NC(=O)CCNC(=O)c5cc(NC(=O)c6nc(NC(=O)CCNC(=O)c7cc(NC(=O)c8nccn8C)cn7C)cn6C)cn5C)cn4C)cc3)cc12. The number of benzene rings is 3. The summed E-state index contributed by atoms with van der Waals surface area (Å²) in [6.07, 6.45) is 23.7. The highest BCUT2D eigenvalue weighted by Crippen LogP contribution is 2.41. The summed E-state index contributed by atoms with van der Waals surface area (Å²) in [5.41, 5.74) is 3.36. The second-order valence-corrected chi connectivity index (χ2v) is 29.0. The lowest BCUT2D eigenvalue weighted by molar-refractivity contribution is -0.121. The molecule has 0 unspecified atom stereocenters. The number of H-pyrrole nitrogens is 1. The summed E-state index contributed by atoms with van der Waals surface area (Å²) in [7, 11) is 9.70. The van der Waals surface area contributed by atoms with Gasteiger partial charge >= 0.3 is 0 Å². The summed E-state index contributed by atoms with van der Waals surface area (Å²) in [6.45, 7) is 7.98. The molecule has 3 aromatic carbocycles. The van der Waals surface area contributed by atoms with Gasteiger partial charge in [-0.25, -0.2) is 19.3 Å². The van der Waals surface area contributed by atoms with Crippen molar-refractivity contribution in [3.63, 3.8) is 0 Å². The summed E-state index contributed by atoms with van der Waals surface area (Å²) in [6, 6.07) is 19.8. The molecule has 0 atom stereocenters. The number of rotatable bonds is 40. The van der Waals surface area contributed by atoms with Gasteiger partial charge in [-0.1, -0.05) is 70.3 Å². The first-order valence-electron chi connectivity index (χ1n) is 38.3. The first kappa shape index (κ1) is 84.5. The summed E-state index contributed by atoms with van der Waals surface area (Å²) in [4.78, 5) is 146. The highest BCUT2D eigenvalue weighted by molar-refractivity contribution is 6.09. The van der Waals surface area contributed by atoms with Crippen LogP contribution >= 0.6 is 0 Å². The Morgan fingerprint density at radius 1 is 0.487 bits per heavy atom. The van der Waals surface area contributed by atoms with E-state index in [-0.39, 0.29) is 114 Å². The minimum absolute atomic E-state index is 0.0206. The van der Waals surface area contributed by atoms with E-state index >= 15 is 0 Å². The zero-order valence-corrected chi connectivity index (χ0v) is 66.4. The zero-order chi connectivity index (χ0) is 82.6. The predicted octanol–water partition coefficient (Wildman–Crippen LogP) is 10.5. The largest absolute Gasteiger partial charge is 0.494 e. The first-order valence-corrected chi connectivity index (χ1v) is 38.3. The smallest absolute Gasteiger partial charge is 0.291 e. The molecule has 0 bridgehead atoms. The Hall–Kier alpha value is -12.9. The summed E-state index contributed by atoms with van der Waals surface area (Å²) < 4.78 is 35.6. The molecule has 7 heterocycles. The third-order valence-electron chi connectivity index (χ3n) is 19.2. The highest BCUT2D eigenvalue weighted by atomic mass is 19.1. The molecule has 9 amide bonds. The molecule has 7 aromatic heterocycles. The molecule has 0 aliphatic rings. The van der Waals surface area contributed by atoms with Gasteiger partial charge in [0.25, 0.3) is 41.0 Å². The molecular formula is C82H100FN19O13. The molecule has 11 N–H and O–H groups in total. The van der Waals surface area contributed by atoms with Crippen LogP contribution in [0.5, 0.6) is 17.2 Å². The number of aryl methyl sites for hydroxylation is 8. The maximum atomic E-state index is 14.3. The van der Waals surface area contributed by atoms with Crippen molar-refractivity contribution < 1.29 is 62.1 Å². The van der Waals surface area contributed by atoms with E-state index in [0.29, 0.717) is 75.0 Å². The standard InChI is InChI=1S/C82H100FN19O13/c1-50-39-53(83)40-51(2)71(50)115-64-28-23-52(82(3,4)113)41-58(64)60-47-102(10)81(112)70-59(60)44-61(92-70)75(106)89-54-24-26-57(27-25-54)114-38-22-20-18-16-14-12-11-13-15-17-19-21-32-84-67(103)29-33-88-78(109)73-95-65(48-100(73)8)93-68(104)30-34-87-77(108)63-43-56(46-99(63)7)91-80(111)74-96-66(49-101(74)9)94-69(105)31-35-86-76(107)62-42-55(45-98(62)6)90-79(110)72-85-36-37-97(72)5/h23-28,36-37,39-49,92,113H,11-22,29-35,38H2,1-10H3,(H,84,103)(H,86,107)(H,87,108)(H,88,109)(H,89,106)(H,90,110)(H,91,111)(H,93,104)(H,94,105). The van der Waals surface area contributed by atoms with Crippen LogP contribution in [0, 0.1) is 19.7 Å². The van der Waals surface area contributed by atoms with Crippen molar-refractivity contribution in [2.75, 3.05) is 59.4 Å².